The molecule has 0 aliphatic heterocycles. The molecule has 0 saturated carbocycles. The maximum Gasteiger partial charge on any atom is 0.129 e. The Bertz CT molecular complexity index is 188. The van der Waals surface area contributed by atoms with Crippen LogP contribution < -0.4 is 5.73 Å². The Morgan fingerprint density at radius 2 is 2.00 bits per heavy atom. The molecule has 5 heteroatoms. The summed E-state index contributed by atoms with van der Waals surface area (Å²) in [6, 6.07) is 3.58. The zero-order valence-corrected chi connectivity index (χ0v) is 8.05. The highest BCUT2D eigenvalue weighted by Crippen LogP contribution is 2.03. The van der Waals surface area contributed by atoms with Gasteiger partial charge in [0.2, 0.25) is 0 Å². The summed E-state index contributed by atoms with van der Waals surface area (Å²) in [5.74, 6) is 0. The van der Waals surface area contributed by atoms with Gasteiger partial charge in [-0.1, -0.05) is 17.7 Å². The number of aromatic nitrogens is 1. The van der Waals surface area contributed by atoms with E-state index in [1.165, 1.54) is 0 Å². The second kappa shape index (κ2) is 6.68. The number of rotatable bonds is 1. The van der Waals surface area contributed by atoms with Crippen LogP contribution in [0.25, 0.3) is 0 Å². The van der Waals surface area contributed by atoms with Crippen LogP contribution in [-0.4, -0.2) is 4.98 Å². The molecule has 0 spiro atoms. The van der Waals surface area contributed by atoms with Crippen LogP contribution in [0.15, 0.2) is 18.3 Å². The van der Waals surface area contributed by atoms with Gasteiger partial charge < -0.3 is 5.73 Å². The van der Waals surface area contributed by atoms with Crippen molar-refractivity contribution in [3.8, 4) is 0 Å². The molecule has 0 amide bonds. The summed E-state index contributed by atoms with van der Waals surface area (Å²) in [4.78, 5) is 3.84. The van der Waals surface area contributed by atoms with Crippen molar-refractivity contribution in [2.24, 2.45) is 5.73 Å². The van der Waals surface area contributed by atoms with Gasteiger partial charge in [-0.05, 0) is 11.6 Å². The van der Waals surface area contributed by atoms with E-state index >= 15 is 0 Å². The van der Waals surface area contributed by atoms with Crippen LogP contribution in [0, 0.1) is 0 Å². The first kappa shape index (κ1) is 13.6. The van der Waals surface area contributed by atoms with Crippen molar-refractivity contribution < 1.29 is 0 Å². The van der Waals surface area contributed by atoms with Gasteiger partial charge in [0.15, 0.2) is 0 Å². The van der Waals surface area contributed by atoms with Gasteiger partial charge in [0.1, 0.15) is 5.15 Å². The number of pyridine rings is 1. The summed E-state index contributed by atoms with van der Waals surface area (Å²) in [6.07, 6.45) is 1.67. The van der Waals surface area contributed by atoms with E-state index in [0.29, 0.717) is 11.7 Å². The predicted octanol–water partition coefficient (Wildman–Crippen LogP) is 2.04. The third kappa shape index (κ3) is 4.43. The van der Waals surface area contributed by atoms with Gasteiger partial charge in [0, 0.05) is 12.7 Å². The van der Waals surface area contributed by atoms with Gasteiger partial charge >= 0.3 is 0 Å². The van der Waals surface area contributed by atoms with E-state index in [1.54, 1.807) is 12.3 Å². The minimum absolute atomic E-state index is 0. The average Bonchev–Trinajstić information content (AvgIpc) is 1.90. The molecule has 0 saturated heterocycles. The maximum atomic E-state index is 5.52. The molecule has 11 heavy (non-hydrogen) atoms. The zero-order valence-electron chi connectivity index (χ0n) is 5.66. The first-order valence-corrected chi connectivity index (χ1v) is 3.01. The van der Waals surface area contributed by atoms with Crippen molar-refractivity contribution >= 4 is 36.4 Å². The molecule has 0 radical (unpaired) electrons. The minimum Gasteiger partial charge on any atom is -0.326 e. The van der Waals surface area contributed by atoms with Gasteiger partial charge in [-0.2, -0.15) is 0 Å². The molecule has 0 aliphatic rings. The van der Waals surface area contributed by atoms with Crippen LogP contribution in [0.3, 0.4) is 0 Å². The van der Waals surface area contributed by atoms with Gasteiger partial charge in [-0.15, -0.1) is 24.8 Å². The Morgan fingerprint density at radius 3 is 2.36 bits per heavy atom. The molecule has 0 fully saturated rings. The van der Waals surface area contributed by atoms with Crippen molar-refractivity contribution in [2.75, 3.05) is 0 Å². The molecule has 1 rings (SSSR count). The lowest BCUT2D eigenvalue weighted by atomic mass is 10.3. The normalized spacial score (nSPS) is 7.82. The van der Waals surface area contributed by atoms with Gasteiger partial charge in [-0.3, -0.25) is 0 Å². The van der Waals surface area contributed by atoms with Gasteiger partial charge in [0.25, 0.3) is 0 Å². The smallest absolute Gasteiger partial charge is 0.129 e. The molecule has 0 bridgehead atoms. The standard InChI is InChI=1S/C6H7ClN2.2ClH/c7-6-2-1-5(3-8)4-9-6;;/h1-2,4H,3,8H2;2*1H. The van der Waals surface area contributed by atoms with Crippen molar-refractivity contribution in [3.63, 3.8) is 0 Å². The van der Waals surface area contributed by atoms with E-state index in [-0.39, 0.29) is 24.8 Å². The highest BCUT2D eigenvalue weighted by Gasteiger charge is 1.87. The van der Waals surface area contributed by atoms with E-state index in [1.807, 2.05) is 6.07 Å². The molecule has 0 atom stereocenters. The Balaban J connectivity index is 0. The first-order valence-electron chi connectivity index (χ1n) is 2.63. The van der Waals surface area contributed by atoms with Crippen molar-refractivity contribution in [3.05, 3.63) is 29.0 Å². The molecule has 64 valence electrons. The van der Waals surface area contributed by atoms with Crippen LogP contribution in [0.2, 0.25) is 5.15 Å². The van der Waals surface area contributed by atoms with Gasteiger partial charge in [0.05, 0.1) is 0 Å². The summed E-state index contributed by atoms with van der Waals surface area (Å²) in [6.45, 7) is 0.518. The Morgan fingerprint density at radius 1 is 1.36 bits per heavy atom. The zero-order chi connectivity index (χ0) is 6.69. The molecule has 0 aliphatic carbocycles. The van der Waals surface area contributed by atoms with E-state index < -0.39 is 0 Å². The third-order valence-electron chi connectivity index (χ3n) is 1.02. The largest absolute Gasteiger partial charge is 0.326 e. The van der Waals surface area contributed by atoms with E-state index in [0.717, 1.165) is 5.56 Å². The van der Waals surface area contributed by atoms with Crippen LogP contribution >= 0.6 is 36.4 Å². The second-order valence-electron chi connectivity index (χ2n) is 1.69. The van der Waals surface area contributed by atoms with E-state index in [2.05, 4.69) is 4.98 Å². The summed E-state index contributed by atoms with van der Waals surface area (Å²) >= 11 is 5.52. The Labute approximate surface area is 83.0 Å². The molecular weight excluding hydrogens is 206 g/mol. The highest BCUT2D eigenvalue weighted by molar-refractivity contribution is 6.29. The fourth-order valence-corrected chi connectivity index (χ4v) is 0.639. The Hall–Kier alpha value is -0.0200. The number of halogens is 3. The molecule has 0 aromatic carbocycles. The van der Waals surface area contributed by atoms with E-state index in [9.17, 15) is 0 Å². The lowest BCUT2D eigenvalue weighted by Gasteiger charge is -1.92. The second-order valence-corrected chi connectivity index (χ2v) is 2.08. The van der Waals surface area contributed by atoms with Crippen LogP contribution in [0.5, 0.6) is 0 Å². The lowest BCUT2D eigenvalue weighted by Crippen LogP contribution is -1.95. The molecule has 1 heterocycles. The molecule has 1 aromatic rings. The number of hydrogen-bond donors (Lipinski definition) is 1. The monoisotopic (exact) mass is 214 g/mol. The molecule has 1 aromatic heterocycles. The van der Waals surface area contributed by atoms with Crippen LogP contribution in [0.4, 0.5) is 0 Å². The molecule has 0 unspecified atom stereocenters. The summed E-state index contributed by atoms with van der Waals surface area (Å²) in [7, 11) is 0. The molecule has 2 nitrogen and oxygen atoms in total. The average molecular weight is 216 g/mol. The van der Waals surface area contributed by atoms with Gasteiger partial charge in [-0.25, -0.2) is 4.98 Å². The predicted molar refractivity (Wildman–Crippen MR) is 51.6 cm³/mol. The summed E-state index contributed by atoms with van der Waals surface area (Å²) in [5.41, 5.74) is 6.32. The molecular formula is C6H9Cl3N2. The quantitative estimate of drug-likeness (QED) is 0.728. The third-order valence-corrected chi connectivity index (χ3v) is 1.25. The topological polar surface area (TPSA) is 38.9 Å². The van der Waals surface area contributed by atoms with Crippen molar-refractivity contribution in [1.29, 1.82) is 0 Å². The van der Waals surface area contributed by atoms with Crippen molar-refractivity contribution in [2.45, 2.75) is 6.54 Å². The lowest BCUT2D eigenvalue weighted by molar-refractivity contribution is 1.05. The van der Waals surface area contributed by atoms with Crippen LogP contribution in [0.1, 0.15) is 5.56 Å². The maximum absolute atomic E-state index is 5.52. The fraction of sp³-hybridized carbons (Fsp3) is 0.167. The molecule has 2 N–H and O–H groups in total. The SMILES string of the molecule is Cl.Cl.NCc1ccc(Cl)nc1. The highest BCUT2D eigenvalue weighted by atomic mass is 35.5. The number of hydrogen-bond acceptors (Lipinski definition) is 2. The van der Waals surface area contributed by atoms with Crippen LogP contribution in [-0.2, 0) is 6.54 Å². The summed E-state index contributed by atoms with van der Waals surface area (Å²) in [5, 5.41) is 0.507. The first-order chi connectivity index (χ1) is 4.33. The van der Waals surface area contributed by atoms with E-state index in [4.69, 9.17) is 17.3 Å². The summed E-state index contributed by atoms with van der Waals surface area (Å²) < 4.78 is 0. The minimum atomic E-state index is 0. The fourth-order valence-electron chi connectivity index (χ4n) is 0.527. The Kier molecular flexibility index (Phi) is 8.23. The van der Waals surface area contributed by atoms with Crippen molar-refractivity contribution in [1.82, 2.24) is 4.98 Å². The number of nitrogens with zero attached hydrogens (tertiary/aromatic N) is 1. The number of nitrogens with two attached hydrogens (primary N) is 1.